The van der Waals surface area contributed by atoms with E-state index in [1.54, 1.807) is 0 Å². The van der Waals surface area contributed by atoms with Gasteiger partial charge in [0.25, 0.3) is 0 Å². The van der Waals surface area contributed by atoms with E-state index in [1.165, 1.54) is 64.2 Å². The van der Waals surface area contributed by atoms with Gasteiger partial charge in [0.2, 0.25) is 0 Å². The summed E-state index contributed by atoms with van der Waals surface area (Å²) in [4.78, 5) is 26.2. The highest BCUT2D eigenvalue weighted by atomic mass is 16.5. The van der Waals surface area contributed by atoms with Crippen LogP contribution in [-0.4, -0.2) is 49.6 Å². The highest BCUT2D eigenvalue weighted by Crippen LogP contribution is 2.40. The van der Waals surface area contributed by atoms with E-state index in [1.807, 2.05) is 0 Å². The van der Waals surface area contributed by atoms with Gasteiger partial charge in [-0.05, 0) is 115 Å². The number of unbranched alkanes of at least 4 members (excludes halogenated alkanes) is 10. The largest absolute Gasteiger partial charge is 0.462 e. The van der Waals surface area contributed by atoms with Crippen LogP contribution in [0.5, 0.6) is 0 Å². The molecular weight excluding hydrogens is 600 g/mol. The molecule has 278 valence electrons. The van der Waals surface area contributed by atoms with Gasteiger partial charge in [-0.2, -0.15) is 0 Å². The van der Waals surface area contributed by atoms with Crippen molar-refractivity contribution in [3.05, 3.63) is 0 Å². The number of esters is 2. The van der Waals surface area contributed by atoms with Crippen molar-refractivity contribution in [2.45, 2.75) is 218 Å². The first-order valence-electron chi connectivity index (χ1n) is 21.2. The first-order chi connectivity index (χ1) is 23.6. The van der Waals surface area contributed by atoms with Crippen molar-refractivity contribution in [1.29, 1.82) is 0 Å². The number of hydrogen-bond donors (Lipinski definition) is 0. The van der Waals surface area contributed by atoms with Crippen LogP contribution >= 0.6 is 0 Å². The van der Waals surface area contributed by atoms with Crippen LogP contribution in [0.15, 0.2) is 0 Å². The van der Waals surface area contributed by atoms with Gasteiger partial charge in [0.1, 0.15) is 12.2 Å². The van der Waals surface area contributed by atoms with Crippen molar-refractivity contribution in [3.63, 3.8) is 0 Å². The predicted molar refractivity (Wildman–Crippen MR) is 194 cm³/mol. The van der Waals surface area contributed by atoms with Gasteiger partial charge in [0.05, 0.1) is 24.0 Å². The minimum absolute atomic E-state index is 0.0149. The average molecular weight is 675 g/mol. The summed E-state index contributed by atoms with van der Waals surface area (Å²) < 4.78 is 24.6. The summed E-state index contributed by atoms with van der Waals surface area (Å²) in [5.74, 6) is 1.52. The Morgan fingerprint density at radius 3 is 1.21 bits per heavy atom. The Bertz CT molecular complexity index is 790. The van der Waals surface area contributed by atoms with Crippen molar-refractivity contribution in [2.75, 3.05) is 13.2 Å². The Morgan fingerprint density at radius 2 is 0.812 bits per heavy atom. The fourth-order valence-electron chi connectivity index (χ4n) is 9.16. The van der Waals surface area contributed by atoms with Crippen LogP contribution in [0.1, 0.15) is 194 Å². The van der Waals surface area contributed by atoms with Gasteiger partial charge in [-0.25, -0.2) is 0 Å². The van der Waals surface area contributed by atoms with Crippen molar-refractivity contribution in [1.82, 2.24) is 0 Å². The molecule has 0 heterocycles. The highest BCUT2D eigenvalue weighted by molar-refractivity contribution is 5.73. The van der Waals surface area contributed by atoms with E-state index in [0.717, 1.165) is 129 Å². The predicted octanol–water partition coefficient (Wildman–Crippen LogP) is 11.1. The summed E-state index contributed by atoms with van der Waals surface area (Å²) in [6, 6.07) is 0. The third-order valence-electron chi connectivity index (χ3n) is 12.3. The monoisotopic (exact) mass is 675 g/mol. The molecule has 4 aliphatic carbocycles. The standard InChI is InChI=1S/C42H74O6/c1-3-5-7-9-11-13-29-45-39-19-15-17-35(31-39)41(43)47-37-25-21-33(22-26-37)34-23-27-38(28-24-34)48-42(44)36-18-16-20-40(32-36)46-30-14-12-10-8-6-4-2/h33-40H,3-32H2,1-2H3. The maximum absolute atomic E-state index is 13.1. The topological polar surface area (TPSA) is 71.1 Å². The van der Waals surface area contributed by atoms with Crippen LogP contribution in [0.4, 0.5) is 0 Å². The molecule has 48 heavy (non-hydrogen) atoms. The molecule has 0 bridgehead atoms. The van der Waals surface area contributed by atoms with E-state index in [9.17, 15) is 9.59 Å². The molecule has 0 aliphatic heterocycles. The molecule has 0 radical (unpaired) electrons. The Balaban J connectivity index is 1.04. The van der Waals surface area contributed by atoms with Crippen molar-refractivity contribution in [3.8, 4) is 0 Å². The number of carbonyl (C=O) groups excluding carboxylic acids is 2. The molecule has 0 spiro atoms. The first kappa shape index (κ1) is 39.6. The zero-order valence-corrected chi connectivity index (χ0v) is 31.3. The third-order valence-corrected chi connectivity index (χ3v) is 12.3. The van der Waals surface area contributed by atoms with Gasteiger partial charge in [0, 0.05) is 13.2 Å². The number of rotatable bonds is 21. The molecule has 6 heteroatoms. The van der Waals surface area contributed by atoms with E-state index in [0.29, 0.717) is 11.8 Å². The molecule has 0 aromatic rings. The smallest absolute Gasteiger partial charge is 0.309 e. The zero-order valence-electron chi connectivity index (χ0n) is 31.3. The quantitative estimate of drug-likeness (QED) is 0.0891. The Morgan fingerprint density at radius 1 is 0.438 bits per heavy atom. The molecule has 0 amide bonds. The van der Waals surface area contributed by atoms with Gasteiger partial charge in [0.15, 0.2) is 0 Å². The summed E-state index contributed by atoms with van der Waals surface area (Å²) in [6.45, 7) is 6.18. The van der Waals surface area contributed by atoms with E-state index in [2.05, 4.69) is 13.8 Å². The number of hydrogen-bond acceptors (Lipinski definition) is 6. The summed E-state index contributed by atoms with van der Waals surface area (Å²) >= 11 is 0. The SMILES string of the molecule is CCCCCCCCOC1CCCC(C(=O)OC2CCC(C3CCC(OC(=O)C4CCCC(OCCCCCCCC)C4)CC3)CC2)C1. The van der Waals surface area contributed by atoms with Gasteiger partial charge >= 0.3 is 11.9 Å². The minimum atomic E-state index is 0.0149. The van der Waals surface area contributed by atoms with Crippen LogP contribution in [0.2, 0.25) is 0 Å². The Hall–Kier alpha value is -1.14. The van der Waals surface area contributed by atoms with Crippen LogP contribution in [0.3, 0.4) is 0 Å². The molecule has 4 aliphatic rings. The maximum Gasteiger partial charge on any atom is 0.309 e. The van der Waals surface area contributed by atoms with Crippen molar-refractivity contribution < 1.29 is 28.5 Å². The second kappa shape index (κ2) is 23.4. The van der Waals surface area contributed by atoms with Crippen LogP contribution < -0.4 is 0 Å². The van der Waals surface area contributed by atoms with Crippen molar-refractivity contribution >= 4 is 11.9 Å². The molecular formula is C42H74O6. The fourth-order valence-corrected chi connectivity index (χ4v) is 9.16. The number of carbonyl (C=O) groups is 2. The minimum Gasteiger partial charge on any atom is -0.462 e. The maximum atomic E-state index is 13.1. The first-order valence-corrected chi connectivity index (χ1v) is 21.2. The van der Waals surface area contributed by atoms with Gasteiger partial charge < -0.3 is 18.9 Å². The molecule has 6 nitrogen and oxygen atoms in total. The molecule has 0 N–H and O–H groups in total. The van der Waals surface area contributed by atoms with E-state index in [4.69, 9.17) is 18.9 Å². The Labute approximate surface area is 294 Å². The summed E-state index contributed by atoms with van der Waals surface area (Å²) in [5, 5.41) is 0. The summed E-state index contributed by atoms with van der Waals surface area (Å²) in [6.07, 6.45) is 32.5. The summed E-state index contributed by atoms with van der Waals surface area (Å²) in [7, 11) is 0. The lowest BCUT2D eigenvalue weighted by Gasteiger charge is -2.38. The molecule has 0 aromatic heterocycles. The third kappa shape index (κ3) is 14.6. The molecule has 4 rings (SSSR count). The number of ether oxygens (including phenoxy) is 4. The fraction of sp³-hybridized carbons (Fsp3) is 0.952. The lowest BCUT2D eigenvalue weighted by Crippen LogP contribution is -2.35. The second-order valence-electron chi connectivity index (χ2n) is 16.2. The Kier molecular flexibility index (Phi) is 19.3. The second-order valence-corrected chi connectivity index (χ2v) is 16.2. The van der Waals surface area contributed by atoms with Gasteiger partial charge in [-0.15, -0.1) is 0 Å². The molecule has 0 aromatic carbocycles. The zero-order chi connectivity index (χ0) is 33.8. The normalized spacial score (nSPS) is 31.3. The van der Waals surface area contributed by atoms with Crippen LogP contribution in [0, 0.1) is 23.7 Å². The summed E-state index contributed by atoms with van der Waals surface area (Å²) in [5.41, 5.74) is 0. The lowest BCUT2D eigenvalue weighted by atomic mass is 9.72. The molecule has 4 unspecified atom stereocenters. The van der Waals surface area contributed by atoms with Gasteiger partial charge in [-0.1, -0.05) is 90.9 Å². The molecule has 4 saturated carbocycles. The van der Waals surface area contributed by atoms with Crippen molar-refractivity contribution in [2.24, 2.45) is 23.7 Å². The molecule has 4 fully saturated rings. The molecule has 4 atom stereocenters. The van der Waals surface area contributed by atoms with Crippen LogP contribution in [0.25, 0.3) is 0 Å². The van der Waals surface area contributed by atoms with E-state index >= 15 is 0 Å². The molecule has 0 saturated heterocycles. The average Bonchev–Trinajstić information content (AvgIpc) is 3.12. The highest BCUT2D eigenvalue weighted by Gasteiger charge is 2.36. The lowest BCUT2D eigenvalue weighted by molar-refractivity contribution is -0.161. The van der Waals surface area contributed by atoms with E-state index < -0.39 is 0 Å². The van der Waals surface area contributed by atoms with E-state index in [-0.39, 0.29) is 48.2 Å². The van der Waals surface area contributed by atoms with Crippen LogP contribution in [-0.2, 0) is 28.5 Å². The van der Waals surface area contributed by atoms with Gasteiger partial charge in [-0.3, -0.25) is 9.59 Å².